The van der Waals surface area contributed by atoms with E-state index in [0.717, 1.165) is 100 Å². The number of nitrogens with zero attached hydrogens (tertiary/aromatic N) is 2. The Kier molecular flexibility index (Phi) is 8.81. The van der Waals surface area contributed by atoms with Gasteiger partial charge in [0.1, 0.15) is 30.0 Å². The summed E-state index contributed by atoms with van der Waals surface area (Å²) in [7, 11) is 0. The van der Waals surface area contributed by atoms with Crippen molar-refractivity contribution in [2.75, 3.05) is 6.54 Å². The third kappa shape index (κ3) is 6.35. The van der Waals surface area contributed by atoms with Crippen molar-refractivity contribution in [3.05, 3.63) is 36.0 Å². The zero-order valence-corrected chi connectivity index (χ0v) is 24.3. The number of carboxylic acids is 1. The van der Waals surface area contributed by atoms with Gasteiger partial charge in [0.2, 0.25) is 5.91 Å². The van der Waals surface area contributed by atoms with E-state index in [1.807, 2.05) is 30.3 Å². The molecule has 1 saturated heterocycles. The first-order valence-electron chi connectivity index (χ1n) is 16.0. The third-order valence-electron chi connectivity index (χ3n) is 9.88. The lowest BCUT2D eigenvalue weighted by Crippen LogP contribution is -2.55. The Labute approximate surface area is 247 Å². The Morgan fingerprint density at radius 3 is 2.48 bits per heavy atom. The van der Waals surface area contributed by atoms with Crippen LogP contribution in [-0.4, -0.2) is 63.8 Å². The fourth-order valence-corrected chi connectivity index (χ4v) is 7.65. The number of para-hydroxylation sites is 1. The number of carboxylic acid groups (broad SMARTS) is 1. The van der Waals surface area contributed by atoms with Gasteiger partial charge in [0, 0.05) is 11.8 Å². The lowest BCUT2D eigenvalue weighted by atomic mass is 9.96. The van der Waals surface area contributed by atoms with Crippen LogP contribution in [-0.2, 0) is 20.7 Å². The highest BCUT2D eigenvalue weighted by molar-refractivity contribution is 5.90. The van der Waals surface area contributed by atoms with E-state index >= 15 is 0 Å². The number of alkyl carbamates (subject to hydrolysis) is 1. The summed E-state index contributed by atoms with van der Waals surface area (Å²) in [5.41, 5.74) is 1.79. The summed E-state index contributed by atoms with van der Waals surface area (Å²) in [5, 5.41) is 14.0. The van der Waals surface area contributed by atoms with Crippen molar-refractivity contribution in [2.24, 2.45) is 11.8 Å². The van der Waals surface area contributed by atoms with Crippen LogP contribution in [0.3, 0.4) is 0 Å². The largest absolute Gasteiger partial charge is 0.487 e. The Hall–Kier alpha value is -3.36. The molecule has 226 valence electrons. The molecule has 2 saturated carbocycles. The maximum atomic E-state index is 14.1. The minimum atomic E-state index is -1.06. The summed E-state index contributed by atoms with van der Waals surface area (Å²) >= 11 is 0. The van der Waals surface area contributed by atoms with Crippen LogP contribution >= 0.6 is 0 Å². The van der Waals surface area contributed by atoms with E-state index < -0.39 is 30.3 Å². The van der Waals surface area contributed by atoms with Gasteiger partial charge in [0.15, 0.2) is 0 Å². The Morgan fingerprint density at radius 2 is 1.64 bits per heavy atom. The third-order valence-corrected chi connectivity index (χ3v) is 9.88. The van der Waals surface area contributed by atoms with E-state index in [0.29, 0.717) is 11.7 Å². The number of ether oxygens (including phenoxy) is 2. The number of amides is 2. The van der Waals surface area contributed by atoms with Crippen LogP contribution in [0.4, 0.5) is 4.79 Å². The molecular weight excluding hydrogens is 534 g/mol. The summed E-state index contributed by atoms with van der Waals surface area (Å²) in [4.78, 5) is 46.0. The standard InChI is InChI=1S/C33H43N3O6/c37-31-30(22-11-5-6-12-22)35-33(40)42-28-17-9-14-21(28)10-3-1-2-4-16-26-29(18-23-13-7-8-15-25(23)34-26)41-24-19-27(32(38)39)36(31)20-24/h7-8,13,15,18,21-22,24,27-28,30H,1-6,9-12,14,16-17,19-20H2,(H,35,40)(H,38,39)/t21-,24-,27+,28-,30+/m1/s1. The highest BCUT2D eigenvalue weighted by Gasteiger charge is 2.46. The number of hydrogen-bond donors (Lipinski definition) is 2. The second kappa shape index (κ2) is 12.9. The summed E-state index contributed by atoms with van der Waals surface area (Å²) in [6, 6.07) is 8.11. The summed E-state index contributed by atoms with van der Waals surface area (Å²) in [5.74, 6) is -0.441. The van der Waals surface area contributed by atoms with Crippen LogP contribution < -0.4 is 10.1 Å². The summed E-state index contributed by atoms with van der Waals surface area (Å²) < 4.78 is 12.4. The lowest BCUT2D eigenvalue weighted by Gasteiger charge is -2.31. The highest BCUT2D eigenvalue weighted by atomic mass is 16.6. The zero-order chi connectivity index (χ0) is 29.1. The van der Waals surface area contributed by atoms with Gasteiger partial charge in [-0.1, -0.05) is 50.3 Å². The average Bonchev–Trinajstić information content (AvgIpc) is 3.75. The van der Waals surface area contributed by atoms with Gasteiger partial charge in [0.25, 0.3) is 0 Å². The summed E-state index contributed by atoms with van der Waals surface area (Å²) in [6.07, 6.45) is 11.6. The molecule has 0 radical (unpaired) electrons. The molecule has 9 heteroatoms. The van der Waals surface area contributed by atoms with E-state index in [-0.39, 0.29) is 30.9 Å². The fraction of sp³-hybridized carbons (Fsp3) is 0.636. The predicted molar refractivity (Wildman–Crippen MR) is 157 cm³/mol. The number of hydrogen-bond acceptors (Lipinski definition) is 6. The topological polar surface area (TPSA) is 118 Å². The van der Waals surface area contributed by atoms with E-state index in [4.69, 9.17) is 14.5 Å². The molecular formula is C33H43N3O6. The number of carbonyl (C=O) groups excluding carboxylic acids is 2. The molecule has 2 bridgehead atoms. The molecule has 5 atom stereocenters. The lowest BCUT2D eigenvalue weighted by molar-refractivity contribution is -0.149. The van der Waals surface area contributed by atoms with E-state index in [1.54, 1.807) is 0 Å². The van der Waals surface area contributed by atoms with Crippen LogP contribution in [0, 0.1) is 11.8 Å². The SMILES string of the molecule is O=C1N[C@@H](C2CCCC2)C(=O)N2C[C@@H](C[C@H]2C(=O)O)Oc2cc3ccccc3nc2CCCCCC[C@@H]2CCC[C@H]2O1. The Morgan fingerprint density at radius 1 is 0.905 bits per heavy atom. The molecule has 1 aromatic heterocycles. The number of rotatable bonds is 2. The molecule has 3 fully saturated rings. The maximum absolute atomic E-state index is 14.1. The van der Waals surface area contributed by atoms with Crippen molar-refractivity contribution in [2.45, 2.75) is 114 Å². The van der Waals surface area contributed by atoms with Crippen molar-refractivity contribution in [1.82, 2.24) is 15.2 Å². The molecule has 4 aliphatic rings. The number of aryl methyl sites for hydroxylation is 1. The molecule has 2 amide bonds. The Balaban J connectivity index is 1.30. The van der Waals surface area contributed by atoms with Gasteiger partial charge in [-0.25, -0.2) is 14.6 Å². The number of benzene rings is 1. The zero-order valence-electron chi connectivity index (χ0n) is 24.3. The number of aromatic nitrogens is 1. The smallest absolute Gasteiger partial charge is 0.408 e. The Bertz CT molecular complexity index is 1290. The van der Waals surface area contributed by atoms with E-state index in [1.165, 1.54) is 4.90 Å². The van der Waals surface area contributed by atoms with Crippen molar-refractivity contribution in [3.8, 4) is 5.75 Å². The first-order valence-corrected chi connectivity index (χ1v) is 16.0. The van der Waals surface area contributed by atoms with Crippen LogP contribution in [0.5, 0.6) is 5.75 Å². The van der Waals surface area contributed by atoms with Crippen LogP contribution in [0.15, 0.2) is 30.3 Å². The first-order chi connectivity index (χ1) is 20.5. The van der Waals surface area contributed by atoms with Crippen molar-refractivity contribution in [1.29, 1.82) is 0 Å². The van der Waals surface area contributed by atoms with Gasteiger partial charge in [-0.2, -0.15) is 0 Å². The minimum absolute atomic E-state index is 0.0377. The minimum Gasteiger partial charge on any atom is -0.487 e. The molecule has 1 aromatic carbocycles. The normalized spacial score (nSPS) is 29.9. The average molecular weight is 578 g/mol. The van der Waals surface area contributed by atoms with Gasteiger partial charge in [-0.3, -0.25) is 4.79 Å². The first kappa shape index (κ1) is 28.7. The molecule has 0 spiro atoms. The molecule has 3 heterocycles. The van der Waals surface area contributed by atoms with Gasteiger partial charge >= 0.3 is 12.1 Å². The number of pyridine rings is 1. The van der Waals surface area contributed by atoms with Gasteiger partial charge in [0.05, 0.1) is 17.8 Å². The number of carbonyl (C=O) groups is 3. The predicted octanol–water partition coefficient (Wildman–Crippen LogP) is 5.63. The molecule has 2 aromatic rings. The van der Waals surface area contributed by atoms with Crippen molar-refractivity contribution in [3.63, 3.8) is 0 Å². The number of nitrogens with one attached hydrogen (secondary N) is 1. The highest BCUT2D eigenvalue weighted by Crippen LogP contribution is 2.35. The molecule has 9 nitrogen and oxygen atoms in total. The molecule has 0 unspecified atom stereocenters. The second-order valence-electron chi connectivity index (χ2n) is 12.7. The van der Waals surface area contributed by atoms with Crippen LogP contribution in [0.1, 0.15) is 89.2 Å². The fourth-order valence-electron chi connectivity index (χ4n) is 7.65. The monoisotopic (exact) mass is 577 g/mol. The molecule has 2 aliphatic carbocycles. The quantitative estimate of drug-likeness (QED) is 0.475. The van der Waals surface area contributed by atoms with E-state index in [9.17, 15) is 19.5 Å². The molecule has 42 heavy (non-hydrogen) atoms. The van der Waals surface area contributed by atoms with Crippen LogP contribution in [0.2, 0.25) is 0 Å². The van der Waals surface area contributed by atoms with Gasteiger partial charge in [-0.15, -0.1) is 0 Å². The number of fused-ring (bicyclic) bond motifs is 5. The number of aliphatic carboxylic acids is 1. The molecule has 2 aliphatic heterocycles. The van der Waals surface area contributed by atoms with Crippen molar-refractivity contribution < 1.29 is 29.0 Å². The summed E-state index contributed by atoms with van der Waals surface area (Å²) in [6.45, 7) is 0.146. The van der Waals surface area contributed by atoms with Gasteiger partial charge in [-0.05, 0) is 75.3 Å². The van der Waals surface area contributed by atoms with Crippen LogP contribution in [0.25, 0.3) is 10.9 Å². The van der Waals surface area contributed by atoms with E-state index in [2.05, 4.69) is 5.32 Å². The second-order valence-corrected chi connectivity index (χ2v) is 12.7. The van der Waals surface area contributed by atoms with Gasteiger partial charge < -0.3 is 24.8 Å². The molecule has 6 rings (SSSR count). The van der Waals surface area contributed by atoms with Crippen molar-refractivity contribution >= 4 is 28.9 Å². The molecule has 2 N–H and O–H groups in total. The maximum Gasteiger partial charge on any atom is 0.408 e.